The zero-order valence-corrected chi connectivity index (χ0v) is 8.61. The van der Waals surface area contributed by atoms with Gasteiger partial charge in [-0.15, -0.1) is 0 Å². The van der Waals surface area contributed by atoms with E-state index in [1.54, 1.807) is 0 Å². The van der Waals surface area contributed by atoms with E-state index in [1.807, 2.05) is 0 Å². The first kappa shape index (κ1) is 38.6. The Labute approximate surface area is 96.5 Å². The van der Waals surface area contributed by atoms with E-state index in [-0.39, 0.29) is 43.5 Å². The molecule has 8 nitrogen and oxygen atoms in total. The molecule has 0 heterocycles. The van der Waals surface area contributed by atoms with Crippen molar-refractivity contribution in [2.45, 2.75) is 0 Å². The zero-order chi connectivity index (χ0) is 10.8. The first-order valence-electron chi connectivity index (χ1n) is 1.93. The second kappa shape index (κ2) is 180. The Hall–Kier alpha value is -1.25. The molecule has 0 bridgehead atoms. The first-order chi connectivity index (χ1) is 5.66. The monoisotopic (exact) mass is 272 g/mol. The Bertz CT molecular complexity index is 75.3. The number of hydrogen-bond acceptors (Lipinski definition) is 6. The largest absolute Gasteiger partial charge is 2.00 e. The van der Waals surface area contributed by atoms with E-state index in [2.05, 4.69) is 0 Å². The molecule has 0 unspecified atom stereocenters. The molecule has 2 N–H and O–H groups in total. The smallest absolute Gasteiger partial charge is 0.554 e. The van der Waals surface area contributed by atoms with Crippen molar-refractivity contribution < 1.29 is 56.7 Å². The fraction of sp³-hybridized carbons (Fsp3) is 0. The topological polar surface area (TPSA) is 155 Å². The fourth-order valence-corrected chi connectivity index (χ4v) is 0. The van der Waals surface area contributed by atoms with Gasteiger partial charge in [0.15, 0.2) is 0 Å². The van der Waals surface area contributed by atoms with Crippen molar-refractivity contribution in [1.29, 1.82) is 0 Å². The van der Waals surface area contributed by atoms with E-state index >= 15 is 0 Å². The molecule has 0 atom stereocenters. The molecule has 0 saturated carbocycles. The predicted molar refractivity (Wildman–Crippen MR) is 39.9 cm³/mol. The van der Waals surface area contributed by atoms with Crippen LogP contribution in [-0.4, -0.2) is 36.1 Å². The Balaban J connectivity index is -0.0000000145. The van der Waals surface area contributed by atoms with Gasteiger partial charge in [0, 0.05) is 12.9 Å². The Morgan fingerprint density at radius 1 is 0.786 bits per heavy atom. The van der Waals surface area contributed by atoms with Crippen LogP contribution in [0, 0.1) is 0 Å². The molecule has 14 heavy (non-hydrogen) atoms. The summed E-state index contributed by atoms with van der Waals surface area (Å²) >= 11 is 0. The molecule has 0 aliphatic rings. The maximum Gasteiger partial charge on any atom is 2.00 e. The number of rotatable bonds is 0. The van der Waals surface area contributed by atoms with Gasteiger partial charge in [0.1, 0.15) is 0 Å². The first-order valence-corrected chi connectivity index (χ1v) is 1.93. The summed E-state index contributed by atoms with van der Waals surface area (Å²) in [5, 5.41) is 30.3. The van der Waals surface area contributed by atoms with E-state index in [0.29, 0.717) is 0 Å². The normalized spacial score (nSPS) is 3.43. The van der Waals surface area contributed by atoms with E-state index in [0.717, 1.165) is 0 Å². The third-order valence-corrected chi connectivity index (χ3v) is 0. The molecule has 86 valence electrons. The minimum Gasteiger partial charge on any atom is -0.554 e. The van der Waals surface area contributed by atoms with Crippen molar-refractivity contribution in [2.75, 3.05) is 0 Å². The number of carboxylic acid groups (broad SMARTS) is 4. The average molecular weight is 272 g/mol. The van der Waals surface area contributed by atoms with Crippen LogP contribution < -0.4 is 10.2 Å². The molecule has 0 aliphatic carbocycles. The Morgan fingerprint density at radius 3 is 0.786 bits per heavy atom. The van der Waals surface area contributed by atoms with E-state index < -0.39 is 12.9 Å². The molecule has 0 radical (unpaired) electrons. The van der Waals surface area contributed by atoms with E-state index in [4.69, 9.17) is 39.6 Å². The van der Waals surface area contributed by atoms with Gasteiger partial charge in [-0.3, -0.25) is 9.59 Å². The van der Waals surface area contributed by atoms with Crippen LogP contribution in [0.5, 0.6) is 0 Å². The molecular weight excluding hydrogens is 264 g/mol. The second-order valence-electron chi connectivity index (χ2n) is 0.403. The van der Waals surface area contributed by atoms with Crippen LogP contribution in [0.1, 0.15) is 0 Å². The third-order valence-electron chi connectivity index (χ3n) is 0. The Kier molecular flexibility index (Phi) is 496. The van der Waals surface area contributed by atoms with Crippen molar-refractivity contribution in [1.82, 2.24) is 0 Å². The van der Waals surface area contributed by atoms with Gasteiger partial charge in [-0.1, -0.05) is 0 Å². The number of carbonyl (C=O) groups is 4. The van der Waals surface area contributed by atoms with Crippen LogP contribution in [0.3, 0.4) is 0 Å². The van der Waals surface area contributed by atoms with Gasteiger partial charge in [-0.05, 0) is 0 Å². The van der Waals surface area contributed by atoms with Gasteiger partial charge in [-0.2, -0.15) is 13.5 Å². The summed E-state index contributed by atoms with van der Waals surface area (Å²) in [6.07, 6.45) is 0. The van der Waals surface area contributed by atoms with Crippen molar-refractivity contribution >= 4 is 39.4 Å². The van der Waals surface area contributed by atoms with Gasteiger partial charge in [0.05, 0.1) is 0 Å². The van der Waals surface area contributed by atoms with Gasteiger partial charge >= 0.3 is 17.1 Å². The maximum atomic E-state index is 8.36. The van der Waals surface area contributed by atoms with Gasteiger partial charge in [-0.25, -0.2) is 0 Å². The number of hydrogen-bond donors (Lipinski definition) is 2. The molecule has 0 amide bonds. The summed E-state index contributed by atoms with van der Waals surface area (Å²) < 4.78 is 0. The summed E-state index contributed by atoms with van der Waals surface area (Å²) in [6.45, 7) is -1.50. The van der Waals surface area contributed by atoms with E-state index in [9.17, 15) is 0 Å². The minimum absolute atomic E-state index is 0. The van der Waals surface area contributed by atoms with Crippen molar-refractivity contribution in [2.24, 2.45) is 0 Å². The van der Waals surface area contributed by atoms with E-state index in [1.165, 1.54) is 0 Å². The van der Waals surface area contributed by atoms with Crippen LogP contribution in [0.4, 0.5) is 0 Å². The quantitative estimate of drug-likeness (QED) is 0.336. The van der Waals surface area contributed by atoms with Crippen LogP contribution in [0.2, 0.25) is 0 Å². The van der Waals surface area contributed by atoms with Gasteiger partial charge < -0.3 is 30.0 Å². The van der Waals surface area contributed by atoms with Gasteiger partial charge in [0.2, 0.25) is 0 Å². The van der Waals surface area contributed by atoms with Crippen LogP contribution in [-0.2, 0) is 36.2 Å². The standard InChI is InChI=1S/4CH2O2.Fe.H2S/c4*2-1-3;;/h4*1H,(H,2,3);;1H2/q;;;;+2;/p-2. The molecule has 0 rings (SSSR count). The number of carbonyl (C=O) groups excluding carboxylic acids is 2. The van der Waals surface area contributed by atoms with Crippen molar-refractivity contribution in [3.8, 4) is 0 Å². The third kappa shape index (κ3) is 653. The maximum absolute atomic E-state index is 8.36. The molecule has 0 aromatic rings. The summed E-state index contributed by atoms with van der Waals surface area (Å²) in [7, 11) is 0. The average Bonchev–Trinajstić information content (AvgIpc) is 1.92. The molecule has 0 fully saturated rings. The molecule has 0 spiro atoms. The van der Waals surface area contributed by atoms with Crippen LogP contribution in [0.15, 0.2) is 0 Å². The molecule has 10 heteroatoms. The minimum atomic E-state index is -0.500. The molecule has 0 aromatic carbocycles. The zero-order valence-electron chi connectivity index (χ0n) is 6.51. The Morgan fingerprint density at radius 2 is 0.786 bits per heavy atom. The summed E-state index contributed by atoms with van der Waals surface area (Å²) in [5.41, 5.74) is 0. The molecule has 0 aromatic heterocycles. The second-order valence-corrected chi connectivity index (χ2v) is 0.403. The summed E-state index contributed by atoms with van der Waals surface area (Å²) in [6, 6.07) is 0. The van der Waals surface area contributed by atoms with Crippen molar-refractivity contribution in [3.05, 3.63) is 0 Å². The fourth-order valence-electron chi connectivity index (χ4n) is 0. The summed E-state index contributed by atoms with van der Waals surface area (Å²) in [4.78, 5) is 33.2. The SMILES string of the molecule is O=CO.O=CO.O=C[O-].O=C[O-].S.[Fe+2]. The van der Waals surface area contributed by atoms with Gasteiger partial charge in [0.25, 0.3) is 12.9 Å². The molecule has 0 aliphatic heterocycles. The molecular formula is C4H8FeO8S. The van der Waals surface area contributed by atoms with Crippen LogP contribution >= 0.6 is 13.5 Å². The molecule has 0 saturated heterocycles. The van der Waals surface area contributed by atoms with Crippen LogP contribution in [0.25, 0.3) is 0 Å². The van der Waals surface area contributed by atoms with Crippen molar-refractivity contribution in [3.63, 3.8) is 0 Å². The summed E-state index contributed by atoms with van der Waals surface area (Å²) in [5.74, 6) is 0. The predicted octanol–water partition coefficient (Wildman–Crippen LogP) is -3.76.